The number of halogens is 1. The first-order chi connectivity index (χ1) is 10.6. The molecule has 0 saturated heterocycles. The summed E-state index contributed by atoms with van der Waals surface area (Å²) in [6.07, 6.45) is 3.85. The van der Waals surface area contributed by atoms with Gasteiger partial charge in [0.2, 0.25) is 10.0 Å². The average Bonchev–Trinajstić information content (AvgIpc) is 2.79. The van der Waals surface area contributed by atoms with Gasteiger partial charge in [0, 0.05) is 36.1 Å². The van der Waals surface area contributed by atoms with Crippen molar-refractivity contribution in [3.63, 3.8) is 0 Å². The van der Waals surface area contributed by atoms with Gasteiger partial charge < -0.3 is 10.6 Å². The summed E-state index contributed by atoms with van der Waals surface area (Å²) >= 11 is 1.69. The van der Waals surface area contributed by atoms with Gasteiger partial charge in [0.1, 0.15) is 0 Å². The molecule has 0 fully saturated rings. The van der Waals surface area contributed by atoms with Crippen molar-refractivity contribution in [1.82, 2.24) is 20.3 Å². The summed E-state index contributed by atoms with van der Waals surface area (Å²) in [4.78, 5) is 9.98. The van der Waals surface area contributed by atoms with E-state index in [2.05, 4.69) is 25.3 Å². The summed E-state index contributed by atoms with van der Waals surface area (Å²) in [6, 6.07) is 0. The van der Waals surface area contributed by atoms with E-state index in [0.717, 1.165) is 30.8 Å². The van der Waals surface area contributed by atoms with Crippen molar-refractivity contribution >= 4 is 51.3 Å². The number of hydrogen-bond acceptors (Lipinski definition) is 5. The van der Waals surface area contributed by atoms with E-state index in [1.807, 2.05) is 20.0 Å². The highest BCUT2D eigenvalue weighted by molar-refractivity contribution is 14.0. The number of aryl methyl sites for hydroxylation is 1. The summed E-state index contributed by atoms with van der Waals surface area (Å²) < 4.78 is 25.3. The van der Waals surface area contributed by atoms with E-state index in [1.165, 1.54) is 4.88 Å². The van der Waals surface area contributed by atoms with E-state index >= 15 is 0 Å². The number of guanidine groups is 1. The van der Waals surface area contributed by atoms with Crippen LogP contribution in [-0.4, -0.2) is 50.8 Å². The lowest BCUT2D eigenvalue weighted by molar-refractivity contribution is 0.464. The molecule has 0 atom stereocenters. The van der Waals surface area contributed by atoms with Crippen LogP contribution in [0, 0.1) is 6.92 Å². The van der Waals surface area contributed by atoms with E-state index in [0.29, 0.717) is 12.5 Å². The minimum atomic E-state index is -3.26. The van der Waals surface area contributed by atoms with Crippen LogP contribution < -0.4 is 15.4 Å². The van der Waals surface area contributed by atoms with Gasteiger partial charge in [-0.15, -0.1) is 35.3 Å². The van der Waals surface area contributed by atoms with Crippen LogP contribution in [0.1, 0.15) is 30.7 Å². The Hall–Kier alpha value is -0.460. The third-order valence-electron chi connectivity index (χ3n) is 2.74. The molecule has 3 N–H and O–H groups in total. The van der Waals surface area contributed by atoms with Gasteiger partial charge in [-0.25, -0.2) is 18.1 Å². The molecule has 24 heavy (non-hydrogen) atoms. The molecule has 0 aliphatic rings. The van der Waals surface area contributed by atoms with E-state index < -0.39 is 15.6 Å². The zero-order chi connectivity index (χ0) is 17.5. The van der Waals surface area contributed by atoms with Gasteiger partial charge in [0.25, 0.3) is 0 Å². The lowest BCUT2D eigenvalue weighted by Crippen LogP contribution is -2.47. The van der Waals surface area contributed by atoms with Crippen molar-refractivity contribution in [2.45, 2.75) is 39.7 Å². The summed E-state index contributed by atoms with van der Waals surface area (Å²) in [7, 11) is -3.26. The van der Waals surface area contributed by atoms with E-state index in [4.69, 9.17) is 0 Å². The average molecular weight is 489 g/mol. The second-order valence-corrected chi connectivity index (χ2v) is 9.06. The molecule has 0 bridgehead atoms. The zero-order valence-corrected chi connectivity index (χ0v) is 18.8. The van der Waals surface area contributed by atoms with Crippen LogP contribution in [0.4, 0.5) is 0 Å². The second-order valence-electron chi connectivity index (χ2n) is 5.99. The fourth-order valence-electron chi connectivity index (χ4n) is 1.96. The number of hydrogen-bond donors (Lipinski definition) is 3. The highest BCUT2D eigenvalue weighted by Gasteiger charge is 2.21. The molecule has 0 aliphatic carbocycles. The van der Waals surface area contributed by atoms with Crippen molar-refractivity contribution < 1.29 is 8.42 Å². The molecule has 1 heterocycles. The largest absolute Gasteiger partial charge is 0.357 e. The number of nitrogens with zero attached hydrogens (tertiary/aromatic N) is 2. The Balaban J connectivity index is 0.00000529. The molecule has 0 aliphatic heterocycles. The Morgan fingerprint density at radius 1 is 1.38 bits per heavy atom. The molecule has 0 aromatic carbocycles. The topological polar surface area (TPSA) is 95.5 Å². The third kappa shape index (κ3) is 10.4. The summed E-state index contributed by atoms with van der Waals surface area (Å²) in [5.74, 6) is 0.671. The van der Waals surface area contributed by atoms with Crippen molar-refractivity contribution in [2.24, 2.45) is 4.99 Å². The van der Waals surface area contributed by atoms with Gasteiger partial charge in [-0.2, -0.15) is 0 Å². The maximum Gasteiger partial charge on any atom is 0.209 e. The Morgan fingerprint density at radius 2 is 2.04 bits per heavy atom. The molecule has 1 aromatic rings. The van der Waals surface area contributed by atoms with Gasteiger partial charge in [0.15, 0.2) is 5.96 Å². The van der Waals surface area contributed by atoms with Gasteiger partial charge in [-0.3, -0.25) is 4.99 Å². The van der Waals surface area contributed by atoms with Crippen molar-refractivity contribution in [2.75, 3.05) is 25.9 Å². The molecule has 0 radical (unpaired) electrons. The summed E-state index contributed by atoms with van der Waals surface area (Å²) in [5, 5.41) is 7.48. The highest BCUT2D eigenvalue weighted by atomic mass is 127. The SMILES string of the molecule is CCNC(=NCC(C)(C)NS(C)(=O)=O)NCCc1ncc(C)s1.I. The van der Waals surface area contributed by atoms with Crippen molar-refractivity contribution in [3.8, 4) is 0 Å². The van der Waals surface area contributed by atoms with E-state index in [1.54, 1.807) is 25.2 Å². The van der Waals surface area contributed by atoms with Crippen molar-refractivity contribution in [3.05, 3.63) is 16.1 Å². The highest BCUT2D eigenvalue weighted by Crippen LogP contribution is 2.10. The molecule has 140 valence electrons. The smallest absolute Gasteiger partial charge is 0.209 e. The molecule has 0 amide bonds. The molecular formula is C14H28IN5O2S2. The Bertz CT molecular complexity index is 629. The molecule has 0 unspecified atom stereocenters. The molecule has 10 heteroatoms. The molecule has 0 saturated carbocycles. The van der Waals surface area contributed by atoms with Crippen LogP contribution in [0.2, 0.25) is 0 Å². The zero-order valence-electron chi connectivity index (χ0n) is 14.8. The second kappa shape index (κ2) is 10.5. The van der Waals surface area contributed by atoms with Crippen LogP contribution in [0.25, 0.3) is 0 Å². The lowest BCUT2D eigenvalue weighted by Gasteiger charge is -2.23. The summed E-state index contributed by atoms with van der Waals surface area (Å²) in [5.41, 5.74) is -0.637. The molecule has 7 nitrogen and oxygen atoms in total. The predicted molar refractivity (Wildman–Crippen MR) is 112 cm³/mol. The van der Waals surface area contributed by atoms with Gasteiger partial charge in [-0.1, -0.05) is 0 Å². The van der Waals surface area contributed by atoms with Gasteiger partial charge in [-0.05, 0) is 27.7 Å². The van der Waals surface area contributed by atoms with E-state index in [-0.39, 0.29) is 24.0 Å². The van der Waals surface area contributed by atoms with Gasteiger partial charge in [0.05, 0.1) is 17.8 Å². The fourth-order valence-corrected chi connectivity index (χ4v) is 3.81. The number of aromatic nitrogens is 1. The van der Waals surface area contributed by atoms with Crippen LogP contribution in [-0.2, 0) is 16.4 Å². The van der Waals surface area contributed by atoms with E-state index in [9.17, 15) is 8.42 Å². The number of sulfonamides is 1. The standard InChI is InChI=1S/C14H27N5O2S2.HI/c1-6-15-13(16-8-7-12-17-9-11(2)22-12)18-10-14(3,4)19-23(5,20)21;/h9,19H,6-8,10H2,1-5H3,(H2,15,16,18);1H. The lowest BCUT2D eigenvalue weighted by atomic mass is 10.1. The Morgan fingerprint density at radius 3 is 2.54 bits per heavy atom. The van der Waals surface area contributed by atoms with Gasteiger partial charge >= 0.3 is 0 Å². The van der Waals surface area contributed by atoms with Crippen LogP contribution in [0.3, 0.4) is 0 Å². The molecule has 1 rings (SSSR count). The molecular weight excluding hydrogens is 461 g/mol. The van der Waals surface area contributed by atoms with Crippen molar-refractivity contribution in [1.29, 1.82) is 0 Å². The monoisotopic (exact) mass is 489 g/mol. The Labute approximate surface area is 166 Å². The number of aliphatic imine (C=N–C) groups is 1. The number of thiazole rings is 1. The first-order valence-corrected chi connectivity index (χ1v) is 10.2. The third-order valence-corrected chi connectivity index (χ3v) is 4.63. The quantitative estimate of drug-likeness (QED) is 0.292. The minimum absolute atomic E-state index is 0. The predicted octanol–water partition coefficient (Wildman–Crippen LogP) is 1.49. The molecule has 0 spiro atoms. The number of nitrogens with one attached hydrogen (secondary N) is 3. The normalized spacial score (nSPS) is 12.6. The first-order valence-electron chi connectivity index (χ1n) is 7.54. The van der Waals surface area contributed by atoms with Crippen LogP contribution in [0.5, 0.6) is 0 Å². The maximum atomic E-state index is 11.4. The summed E-state index contributed by atoms with van der Waals surface area (Å²) in [6.45, 7) is 9.43. The first kappa shape index (κ1) is 23.5. The number of rotatable bonds is 8. The maximum absolute atomic E-state index is 11.4. The fraction of sp³-hybridized carbons (Fsp3) is 0.714. The van der Waals surface area contributed by atoms with Crippen LogP contribution >= 0.6 is 35.3 Å². The Kier molecular flexibility index (Phi) is 10.3. The minimum Gasteiger partial charge on any atom is -0.357 e. The van der Waals surface area contributed by atoms with Crippen LogP contribution in [0.15, 0.2) is 11.2 Å². The molecule has 1 aromatic heterocycles.